The molecule has 6 nitrogen and oxygen atoms in total. The van der Waals surface area contributed by atoms with Gasteiger partial charge in [-0.2, -0.15) is 4.98 Å². The Balaban J connectivity index is 1.35. The zero-order valence-electron chi connectivity index (χ0n) is 14.8. The maximum absolute atomic E-state index is 6.21. The lowest BCUT2D eigenvalue weighted by Gasteiger charge is -2.10. The van der Waals surface area contributed by atoms with Crippen LogP contribution in [0.15, 0.2) is 67.1 Å². The molecule has 5 aromatic rings. The predicted octanol–water partition coefficient (Wildman–Crippen LogP) is 5.45. The van der Waals surface area contributed by atoms with E-state index in [0.717, 1.165) is 27.9 Å². The van der Waals surface area contributed by atoms with E-state index >= 15 is 0 Å². The van der Waals surface area contributed by atoms with Crippen LogP contribution in [0.1, 0.15) is 5.56 Å². The number of rotatable bonds is 5. The summed E-state index contributed by atoms with van der Waals surface area (Å²) in [5.74, 6) is 1.26. The fourth-order valence-electron chi connectivity index (χ4n) is 3.28. The van der Waals surface area contributed by atoms with Gasteiger partial charge >= 0.3 is 0 Å². The summed E-state index contributed by atoms with van der Waals surface area (Å²) in [6.45, 7) is 0.677. The SMILES string of the molecule is Clc1cc(Nc2nccc(NCc3ccc4[nH]ccc4c3)n2)c2cc[nH]c2c1. The summed E-state index contributed by atoms with van der Waals surface area (Å²) in [5.41, 5.74) is 4.14. The average Bonchev–Trinajstić information content (AvgIpc) is 3.35. The molecule has 7 heteroatoms. The van der Waals surface area contributed by atoms with E-state index in [0.29, 0.717) is 17.5 Å². The zero-order chi connectivity index (χ0) is 18.9. The van der Waals surface area contributed by atoms with Gasteiger partial charge < -0.3 is 20.6 Å². The van der Waals surface area contributed by atoms with Crippen molar-refractivity contribution in [3.8, 4) is 0 Å². The highest BCUT2D eigenvalue weighted by molar-refractivity contribution is 6.31. The topological polar surface area (TPSA) is 81.4 Å². The highest BCUT2D eigenvalue weighted by atomic mass is 35.5. The molecule has 3 heterocycles. The lowest BCUT2D eigenvalue weighted by atomic mass is 10.1. The summed E-state index contributed by atoms with van der Waals surface area (Å²) in [6, 6.07) is 16.0. The van der Waals surface area contributed by atoms with Gasteiger partial charge in [-0.1, -0.05) is 17.7 Å². The third-order valence-electron chi connectivity index (χ3n) is 4.63. The van der Waals surface area contributed by atoms with Crippen molar-refractivity contribution in [1.29, 1.82) is 0 Å². The second-order valence-electron chi connectivity index (χ2n) is 6.54. The largest absolute Gasteiger partial charge is 0.366 e. The number of nitrogens with zero attached hydrogens (tertiary/aromatic N) is 2. The normalized spacial score (nSPS) is 11.2. The first-order valence-electron chi connectivity index (χ1n) is 8.91. The van der Waals surface area contributed by atoms with Crippen LogP contribution < -0.4 is 10.6 Å². The number of fused-ring (bicyclic) bond motifs is 2. The number of aromatic nitrogens is 4. The molecule has 0 aliphatic carbocycles. The van der Waals surface area contributed by atoms with Crippen molar-refractivity contribution in [3.63, 3.8) is 0 Å². The van der Waals surface area contributed by atoms with E-state index in [1.54, 1.807) is 6.20 Å². The van der Waals surface area contributed by atoms with Crippen LogP contribution in [0.25, 0.3) is 21.8 Å². The van der Waals surface area contributed by atoms with Crippen LogP contribution in [0.4, 0.5) is 17.5 Å². The maximum Gasteiger partial charge on any atom is 0.229 e. The van der Waals surface area contributed by atoms with Gasteiger partial charge in [0, 0.05) is 46.6 Å². The molecule has 0 amide bonds. The molecule has 0 fully saturated rings. The molecule has 0 bridgehead atoms. The molecule has 0 radical (unpaired) electrons. The van der Waals surface area contributed by atoms with Crippen molar-refractivity contribution < 1.29 is 0 Å². The number of H-pyrrole nitrogens is 2. The van der Waals surface area contributed by atoms with Crippen molar-refractivity contribution in [1.82, 2.24) is 19.9 Å². The molecule has 28 heavy (non-hydrogen) atoms. The number of hydrogen-bond donors (Lipinski definition) is 4. The summed E-state index contributed by atoms with van der Waals surface area (Å²) < 4.78 is 0. The highest BCUT2D eigenvalue weighted by Crippen LogP contribution is 2.29. The number of anilines is 3. The van der Waals surface area contributed by atoms with Crippen molar-refractivity contribution in [2.24, 2.45) is 0 Å². The molecule has 5 rings (SSSR count). The Morgan fingerprint density at radius 2 is 1.82 bits per heavy atom. The van der Waals surface area contributed by atoms with Gasteiger partial charge in [0.1, 0.15) is 5.82 Å². The van der Waals surface area contributed by atoms with Gasteiger partial charge in [0.15, 0.2) is 0 Å². The number of halogens is 1. The van der Waals surface area contributed by atoms with Gasteiger partial charge in [0.05, 0.1) is 5.69 Å². The molecule has 0 spiro atoms. The molecule has 2 aromatic carbocycles. The monoisotopic (exact) mass is 388 g/mol. The maximum atomic E-state index is 6.21. The molecule has 4 N–H and O–H groups in total. The van der Waals surface area contributed by atoms with Crippen molar-refractivity contribution >= 4 is 50.9 Å². The van der Waals surface area contributed by atoms with Gasteiger partial charge in [0.25, 0.3) is 0 Å². The van der Waals surface area contributed by atoms with Gasteiger partial charge in [-0.15, -0.1) is 0 Å². The third-order valence-corrected chi connectivity index (χ3v) is 4.85. The first-order valence-corrected chi connectivity index (χ1v) is 9.29. The van der Waals surface area contributed by atoms with Crippen molar-refractivity contribution in [2.75, 3.05) is 10.6 Å². The lowest BCUT2D eigenvalue weighted by molar-refractivity contribution is 1.09. The minimum absolute atomic E-state index is 0.510. The fourth-order valence-corrected chi connectivity index (χ4v) is 3.50. The number of benzene rings is 2. The first-order chi connectivity index (χ1) is 13.7. The number of aromatic amines is 2. The molecular formula is C21H17ClN6. The summed E-state index contributed by atoms with van der Waals surface area (Å²) >= 11 is 6.21. The Bertz CT molecular complexity index is 1270. The number of nitrogens with one attached hydrogen (secondary N) is 4. The van der Waals surface area contributed by atoms with Gasteiger partial charge in [0.2, 0.25) is 5.95 Å². The molecule has 0 atom stereocenters. The predicted molar refractivity (Wildman–Crippen MR) is 114 cm³/mol. The van der Waals surface area contributed by atoms with Crippen LogP contribution in [-0.2, 0) is 6.54 Å². The Hall–Kier alpha value is -3.51. The molecule has 0 saturated carbocycles. The van der Waals surface area contributed by atoms with Crippen molar-refractivity contribution in [3.05, 3.63) is 77.7 Å². The lowest BCUT2D eigenvalue weighted by Crippen LogP contribution is -2.04. The van der Waals surface area contributed by atoms with Gasteiger partial charge in [-0.3, -0.25) is 0 Å². The van der Waals surface area contributed by atoms with E-state index in [1.165, 1.54) is 10.9 Å². The van der Waals surface area contributed by atoms with E-state index in [4.69, 9.17) is 11.6 Å². The Kier molecular flexibility index (Phi) is 4.10. The summed E-state index contributed by atoms with van der Waals surface area (Å²) in [4.78, 5) is 15.3. The number of hydrogen-bond acceptors (Lipinski definition) is 4. The second kappa shape index (κ2) is 6.90. The third kappa shape index (κ3) is 3.25. The van der Waals surface area contributed by atoms with E-state index < -0.39 is 0 Å². The highest BCUT2D eigenvalue weighted by Gasteiger charge is 2.07. The quantitative estimate of drug-likeness (QED) is 0.323. The summed E-state index contributed by atoms with van der Waals surface area (Å²) in [7, 11) is 0. The molecule has 0 unspecified atom stereocenters. The molecule has 0 aliphatic rings. The zero-order valence-corrected chi connectivity index (χ0v) is 15.6. The van der Waals surface area contributed by atoms with Crippen LogP contribution in [0.2, 0.25) is 5.02 Å². The minimum Gasteiger partial charge on any atom is -0.366 e. The summed E-state index contributed by atoms with van der Waals surface area (Å²) in [6.07, 6.45) is 5.56. The van der Waals surface area contributed by atoms with E-state index in [9.17, 15) is 0 Å². The van der Waals surface area contributed by atoms with Crippen LogP contribution in [0, 0.1) is 0 Å². The van der Waals surface area contributed by atoms with Crippen LogP contribution >= 0.6 is 11.6 Å². The van der Waals surface area contributed by atoms with Gasteiger partial charge in [-0.05, 0) is 53.4 Å². The fraction of sp³-hybridized carbons (Fsp3) is 0.0476. The molecular weight excluding hydrogens is 372 g/mol. The van der Waals surface area contributed by atoms with Crippen LogP contribution in [0.5, 0.6) is 0 Å². The van der Waals surface area contributed by atoms with Crippen molar-refractivity contribution in [2.45, 2.75) is 6.54 Å². The second-order valence-corrected chi connectivity index (χ2v) is 6.97. The van der Waals surface area contributed by atoms with Gasteiger partial charge in [-0.25, -0.2) is 4.98 Å². The minimum atomic E-state index is 0.510. The van der Waals surface area contributed by atoms with Crippen LogP contribution in [0.3, 0.4) is 0 Å². The van der Waals surface area contributed by atoms with E-state index in [1.807, 2.05) is 36.7 Å². The molecule has 3 aromatic heterocycles. The molecule has 0 saturated heterocycles. The summed E-state index contributed by atoms with van der Waals surface area (Å²) in [5, 5.41) is 9.49. The Morgan fingerprint density at radius 1 is 0.929 bits per heavy atom. The van der Waals surface area contributed by atoms with E-state index in [-0.39, 0.29) is 0 Å². The first kappa shape index (κ1) is 16.6. The Labute approximate surface area is 166 Å². The van der Waals surface area contributed by atoms with E-state index in [2.05, 4.69) is 54.8 Å². The molecule has 0 aliphatic heterocycles. The molecule has 138 valence electrons. The smallest absolute Gasteiger partial charge is 0.229 e. The Morgan fingerprint density at radius 3 is 2.79 bits per heavy atom. The average molecular weight is 389 g/mol. The van der Waals surface area contributed by atoms with Crippen LogP contribution in [-0.4, -0.2) is 19.9 Å². The standard InChI is InChI=1S/C21H17ClN6/c22-15-10-18-16(4-7-24-18)19(11-15)27-21-25-8-5-20(28-21)26-12-13-1-2-17-14(9-13)3-6-23-17/h1-11,23-24H,12H2,(H2,25,26,27,28).